The summed E-state index contributed by atoms with van der Waals surface area (Å²) in [6, 6.07) is 14.6. The average Bonchev–Trinajstić information content (AvgIpc) is 3.80. The third-order valence-corrected chi connectivity index (χ3v) is 8.96. The minimum atomic E-state index is -0.664. The highest BCUT2D eigenvalue weighted by Crippen LogP contribution is 2.42. The molecule has 3 heterocycles. The summed E-state index contributed by atoms with van der Waals surface area (Å²) in [7, 11) is 1.25. The second-order valence-corrected chi connectivity index (χ2v) is 12.5. The lowest BCUT2D eigenvalue weighted by atomic mass is 9.92. The molecule has 0 radical (unpaired) electrons. The van der Waals surface area contributed by atoms with E-state index >= 15 is 0 Å². The van der Waals surface area contributed by atoms with E-state index in [1.54, 1.807) is 17.2 Å². The molecule has 0 unspecified atom stereocenters. The van der Waals surface area contributed by atoms with Crippen LogP contribution >= 0.6 is 0 Å². The van der Waals surface area contributed by atoms with Crippen LogP contribution in [-0.2, 0) is 34.0 Å². The maximum atomic E-state index is 12.8. The van der Waals surface area contributed by atoms with E-state index in [0.29, 0.717) is 44.9 Å². The number of nitrogens with zero attached hydrogens (tertiary/aromatic N) is 4. The largest absolute Gasteiger partial charge is 0.488 e. The van der Waals surface area contributed by atoms with Crippen molar-refractivity contribution in [2.24, 2.45) is 0 Å². The first-order valence-corrected chi connectivity index (χ1v) is 17.2. The molecule has 264 valence electrons. The highest BCUT2D eigenvalue weighted by Gasteiger charge is 2.22. The fraction of sp³-hybridized carbons (Fsp3) is 0.308. The maximum Gasteiger partial charge on any atom is 0.407 e. The van der Waals surface area contributed by atoms with Crippen molar-refractivity contribution in [3.8, 4) is 28.1 Å². The first-order chi connectivity index (χ1) is 24.8. The first kappa shape index (κ1) is 34.9. The Balaban J connectivity index is 1.22. The Morgan fingerprint density at radius 3 is 2.47 bits per heavy atom. The molecule has 5 aromatic rings. The fourth-order valence-electron chi connectivity index (χ4n) is 6.31. The van der Waals surface area contributed by atoms with Crippen molar-refractivity contribution in [3.63, 3.8) is 0 Å². The number of hydrogen-bond donors (Lipinski definition) is 3. The number of carbonyl (C=O) groups excluding carboxylic acids is 3. The van der Waals surface area contributed by atoms with Crippen LogP contribution in [0, 0.1) is 0 Å². The third-order valence-electron chi connectivity index (χ3n) is 8.96. The third kappa shape index (κ3) is 7.80. The van der Waals surface area contributed by atoms with E-state index in [1.165, 1.54) is 7.11 Å². The van der Waals surface area contributed by atoms with Gasteiger partial charge in [-0.25, -0.2) is 14.8 Å². The van der Waals surface area contributed by atoms with Gasteiger partial charge in [-0.1, -0.05) is 37.3 Å². The normalized spacial score (nSPS) is 11.7. The van der Waals surface area contributed by atoms with E-state index in [4.69, 9.17) is 9.72 Å². The number of benzene rings is 3. The number of aromatic amines is 2. The van der Waals surface area contributed by atoms with Gasteiger partial charge in [0.1, 0.15) is 30.5 Å². The van der Waals surface area contributed by atoms with Gasteiger partial charge in [0, 0.05) is 30.5 Å². The molecule has 3 amide bonds. The Morgan fingerprint density at radius 1 is 0.961 bits per heavy atom. The molecule has 1 aliphatic rings. The number of carbonyl (C=O) groups is 3. The molecule has 3 aromatic carbocycles. The molecule has 12 heteroatoms. The number of H-pyrrole nitrogens is 2. The minimum absolute atomic E-state index is 0.117. The molecular weight excluding hydrogens is 646 g/mol. The van der Waals surface area contributed by atoms with Crippen molar-refractivity contribution in [1.29, 1.82) is 0 Å². The number of amides is 3. The molecule has 0 saturated carbocycles. The number of rotatable bonds is 15. The molecule has 0 aliphatic carbocycles. The zero-order chi connectivity index (χ0) is 35.9. The van der Waals surface area contributed by atoms with Gasteiger partial charge in [0.05, 0.1) is 43.1 Å². The summed E-state index contributed by atoms with van der Waals surface area (Å²) in [4.78, 5) is 56.8. The van der Waals surface area contributed by atoms with E-state index in [0.717, 1.165) is 74.2 Å². The molecule has 0 atom stereocenters. The Labute approximate surface area is 296 Å². The Kier molecular flexibility index (Phi) is 10.8. The Bertz CT molecular complexity index is 2100. The summed E-state index contributed by atoms with van der Waals surface area (Å²) in [6.07, 6.45) is 7.29. The van der Waals surface area contributed by atoms with E-state index in [2.05, 4.69) is 74.6 Å². The van der Waals surface area contributed by atoms with Gasteiger partial charge in [0.25, 0.3) is 0 Å². The molecule has 0 saturated heterocycles. The number of fused-ring (bicyclic) bond motifs is 6. The molecule has 6 rings (SSSR count). The standard InChI is InChI=1S/C39H43N7O5/c1-5-8-15-45(36(47)10-7-3)23-35-42-31-14-12-25-18-30-28-13-11-26(17-27(28)24-51-33(30)19-29(25)38(31)44-35)32-20-40-34(43-32)22-46(16-9-6-2)37(48)21-41-39(49)50-4/h5-6,11-14,17-20H,1-2,7-10,15-16,21-24H2,3-4H3,(H,40,43)(H,41,49)(H,42,44). The Hall–Kier alpha value is -5.91. The van der Waals surface area contributed by atoms with E-state index in [9.17, 15) is 14.4 Å². The number of hydrogen-bond acceptors (Lipinski definition) is 7. The van der Waals surface area contributed by atoms with Gasteiger partial charge >= 0.3 is 6.09 Å². The molecule has 51 heavy (non-hydrogen) atoms. The van der Waals surface area contributed by atoms with Gasteiger partial charge in [-0.2, -0.15) is 0 Å². The van der Waals surface area contributed by atoms with Gasteiger partial charge < -0.3 is 34.6 Å². The zero-order valence-corrected chi connectivity index (χ0v) is 29.1. The molecule has 3 N–H and O–H groups in total. The van der Waals surface area contributed by atoms with Crippen LogP contribution in [0.5, 0.6) is 5.75 Å². The average molecular weight is 690 g/mol. The number of methoxy groups -OCH3 is 1. The number of imidazole rings is 2. The summed E-state index contributed by atoms with van der Waals surface area (Å²) in [5, 5.41) is 4.47. The number of alkyl carbamates (subject to hydrolysis) is 1. The topological polar surface area (TPSA) is 146 Å². The van der Waals surface area contributed by atoms with Gasteiger partial charge in [-0.3, -0.25) is 9.59 Å². The van der Waals surface area contributed by atoms with Crippen LogP contribution in [-0.4, -0.2) is 74.4 Å². The molecule has 0 fully saturated rings. The van der Waals surface area contributed by atoms with Crippen LogP contribution in [0.15, 0.2) is 74.0 Å². The molecule has 2 aromatic heterocycles. The zero-order valence-electron chi connectivity index (χ0n) is 29.1. The van der Waals surface area contributed by atoms with E-state index in [-0.39, 0.29) is 24.9 Å². The van der Waals surface area contributed by atoms with Crippen LogP contribution in [0.2, 0.25) is 0 Å². The SMILES string of the molecule is C=CCCN(Cc1ncc(-c2ccc3c(c2)COc2cc4c(ccc5[nH]c(CN(CCC=C)C(=O)CCC)nc54)cc2-3)[nH]1)C(=O)CNC(=O)OC. The van der Waals surface area contributed by atoms with Gasteiger partial charge in [0.2, 0.25) is 11.8 Å². The molecule has 0 bridgehead atoms. The Morgan fingerprint density at radius 2 is 1.73 bits per heavy atom. The van der Waals surface area contributed by atoms with Crippen molar-refractivity contribution in [2.75, 3.05) is 26.7 Å². The highest BCUT2D eigenvalue weighted by atomic mass is 16.5. The van der Waals surface area contributed by atoms with Crippen molar-refractivity contribution in [1.82, 2.24) is 35.1 Å². The molecule has 12 nitrogen and oxygen atoms in total. The monoisotopic (exact) mass is 689 g/mol. The highest BCUT2D eigenvalue weighted by molar-refractivity contribution is 6.07. The number of aromatic nitrogens is 4. The summed E-state index contributed by atoms with van der Waals surface area (Å²) >= 11 is 0. The summed E-state index contributed by atoms with van der Waals surface area (Å²) < 4.78 is 10.9. The second kappa shape index (κ2) is 15.8. The van der Waals surface area contributed by atoms with Crippen LogP contribution in [0.4, 0.5) is 4.79 Å². The first-order valence-electron chi connectivity index (χ1n) is 17.2. The van der Waals surface area contributed by atoms with E-state index < -0.39 is 6.09 Å². The van der Waals surface area contributed by atoms with Crippen LogP contribution in [0.3, 0.4) is 0 Å². The second-order valence-electron chi connectivity index (χ2n) is 12.5. The van der Waals surface area contributed by atoms with Crippen LogP contribution in [0.25, 0.3) is 44.2 Å². The van der Waals surface area contributed by atoms with Gasteiger partial charge in [-0.05, 0) is 65.6 Å². The fourth-order valence-corrected chi connectivity index (χ4v) is 6.31. The van der Waals surface area contributed by atoms with Gasteiger partial charge in [0.15, 0.2) is 0 Å². The molecule has 1 aliphatic heterocycles. The predicted molar refractivity (Wildman–Crippen MR) is 197 cm³/mol. The van der Waals surface area contributed by atoms with Crippen molar-refractivity contribution >= 4 is 39.7 Å². The maximum absolute atomic E-state index is 12.8. The van der Waals surface area contributed by atoms with Crippen molar-refractivity contribution in [2.45, 2.75) is 52.3 Å². The molecular formula is C39H43N7O5. The quantitative estimate of drug-likeness (QED) is 0.105. The molecule has 0 spiro atoms. The lowest BCUT2D eigenvalue weighted by Crippen LogP contribution is -2.40. The predicted octanol–water partition coefficient (Wildman–Crippen LogP) is 6.63. The minimum Gasteiger partial charge on any atom is -0.488 e. The summed E-state index contributed by atoms with van der Waals surface area (Å²) in [5.41, 5.74) is 6.67. The van der Waals surface area contributed by atoms with Crippen molar-refractivity contribution < 1.29 is 23.9 Å². The summed E-state index contributed by atoms with van der Waals surface area (Å²) in [5.74, 6) is 2.02. The van der Waals surface area contributed by atoms with Gasteiger partial charge in [-0.15, -0.1) is 13.2 Å². The lowest BCUT2D eigenvalue weighted by Gasteiger charge is -2.22. The van der Waals surface area contributed by atoms with Crippen molar-refractivity contribution in [3.05, 3.63) is 91.2 Å². The lowest BCUT2D eigenvalue weighted by molar-refractivity contribution is -0.132. The van der Waals surface area contributed by atoms with Crippen LogP contribution < -0.4 is 10.1 Å². The smallest absolute Gasteiger partial charge is 0.407 e. The summed E-state index contributed by atoms with van der Waals surface area (Å²) in [6.45, 7) is 11.5. The number of nitrogens with one attached hydrogen (secondary N) is 3. The number of ether oxygens (including phenoxy) is 2. The van der Waals surface area contributed by atoms with Crippen LogP contribution in [0.1, 0.15) is 49.8 Å². The van der Waals surface area contributed by atoms with E-state index in [1.807, 2.05) is 24.0 Å².